The molecule has 5 N–H and O–H groups in total. The van der Waals surface area contributed by atoms with Crippen molar-refractivity contribution in [1.82, 2.24) is 4.90 Å². The maximum atomic E-state index is 14.1. The van der Waals surface area contributed by atoms with Crippen LogP contribution in [0.1, 0.15) is 32.3 Å². The highest BCUT2D eigenvalue weighted by Gasteiger charge is 2.38. The molecule has 2 aliphatic rings. The zero-order valence-electron chi connectivity index (χ0n) is 18.0. The quantitative estimate of drug-likeness (QED) is 0.436. The molecule has 2 unspecified atom stereocenters. The van der Waals surface area contributed by atoms with E-state index in [0.717, 1.165) is 25.9 Å². The molecule has 1 fully saturated rings. The fourth-order valence-electron chi connectivity index (χ4n) is 4.40. The normalized spacial score (nSPS) is 23.2. The van der Waals surface area contributed by atoms with Gasteiger partial charge >= 0.3 is 0 Å². The summed E-state index contributed by atoms with van der Waals surface area (Å²) >= 11 is 6.19. The molecule has 2 atom stereocenters. The van der Waals surface area contributed by atoms with Gasteiger partial charge in [0, 0.05) is 23.0 Å². The van der Waals surface area contributed by atoms with Gasteiger partial charge in [0.25, 0.3) is 0 Å². The second-order valence-corrected chi connectivity index (χ2v) is 9.04. The van der Waals surface area contributed by atoms with Gasteiger partial charge in [-0.25, -0.2) is 4.39 Å². The van der Waals surface area contributed by atoms with E-state index in [1.807, 2.05) is 18.2 Å². The number of nitrogens with two attached hydrogens (primary N) is 2. The summed E-state index contributed by atoms with van der Waals surface area (Å²) < 4.78 is 20.6. The molecular weight excluding hydrogens is 417 g/mol. The van der Waals surface area contributed by atoms with Crippen molar-refractivity contribution in [3.05, 3.63) is 58.6 Å². The molecule has 168 valence electrons. The first-order chi connectivity index (χ1) is 14.7. The summed E-state index contributed by atoms with van der Waals surface area (Å²) in [5.41, 5.74) is 11.4. The Labute approximate surface area is 188 Å². The number of aliphatic imine (C=N–C) groups is 1. The number of nitrogens with zero attached hydrogens (tertiary/aromatic N) is 2. The van der Waals surface area contributed by atoms with Crippen LogP contribution in [0.3, 0.4) is 0 Å². The average Bonchev–Trinajstić information content (AvgIpc) is 2.71. The third-order valence-corrected chi connectivity index (χ3v) is 6.56. The Morgan fingerprint density at radius 2 is 2.10 bits per heavy atom. The number of amidine groups is 1. The number of nitrogens with one attached hydrogen (secondary N) is 1. The summed E-state index contributed by atoms with van der Waals surface area (Å²) in [6.45, 7) is 6.30. The zero-order valence-corrected chi connectivity index (χ0v) is 18.8. The van der Waals surface area contributed by atoms with E-state index in [9.17, 15) is 4.39 Å². The largest absolute Gasteiger partial charge is 0.491 e. The summed E-state index contributed by atoms with van der Waals surface area (Å²) in [4.78, 5) is 6.45. The van der Waals surface area contributed by atoms with Crippen molar-refractivity contribution in [3.63, 3.8) is 0 Å². The van der Waals surface area contributed by atoms with Gasteiger partial charge in [0.15, 0.2) is 0 Å². The molecule has 3 rings (SSSR count). The minimum atomic E-state index is -0.465. The molecule has 0 saturated carbocycles. The summed E-state index contributed by atoms with van der Waals surface area (Å²) in [5, 5.41) is 8.47. The zero-order chi connectivity index (χ0) is 22.6. The molecule has 0 aromatic heterocycles. The first-order valence-electron chi connectivity index (χ1n) is 10.5. The van der Waals surface area contributed by atoms with Gasteiger partial charge in [-0.05, 0) is 58.0 Å². The maximum Gasteiger partial charge on any atom is 0.129 e. The van der Waals surface area contributed by atoms with Crippen LogP contribution in [0.5, 0.6) is 0 Å². The van der Waals surface area contributed by atoms with Gasteiger partial charge in [-0.1, -0.05) is 29.8 Å². The van der Waals surface area contributed by atoms with Crippen molar-refractivity contribution in [2.75, 3.05) is 13.1 Å². The van der Waals surface area contributed by atoms with E-state index in [1.165, 1.54) is 12.4 Å². The molecule has 0 spiro atoms. The van der Waals surface area contributed by atoms with E-state index in [4.69, 9.17) is 33.2 Å². The van der Waals surface area contributed by atoms with Crippen molar-refractivity contribution in [1.29, 1.82) is 5.41 Å². The van der Waals surface area contributed by atoms with Gasteiger partial charge in [0.1, 0.15) is 23.0 Å². The number of ether oxygens (including phenoxy) is 1. The summed E-state index contributed by atoms with van der Waals surface area (Å²) in [5.74, 6) is 0.207. The number of halogens is 2. The lowest BCUT2D eigenvalue weighted by Crippen LogP contribution is -2.45. The van der Waals surface area contributed by atoms with E-state index in [0.29, 0.717) is 28.8 Å². The van der Waals surface area contributed by atoms with Crippen LogP contribution >= 0.6 is 11.6 Å². The predicted octanol–water partition coefficient (Wildman–Crippen LogP) is 3.85. The summed E-state index contributed by atoms with van der Waals surface area (Å²) in [7, 11) is 0. The highest BCUT2D eigenvalue weighted by Crippen LogP contribution is 2.37. The van der Waals surface area contributed by atoms with Crippen LogP contribution in [0.15, 0.2) is 47.2 Å². The van der Waals surface area contributed by atoms with Crippen LogP contribution in [0.25, 0.3) is 0 Å². The Bertz CT molecular complexity index is 870. The van der Waals surface area contributed by atoms with Crippen molar-refractivity contribution in [2.24, 2.45) is 28.3 Å². The van der Waals surface area contributed by atoms with Crippen molar-refractivity contribution in [2.45, 2.75) is 44.9 Å². The minimum absolute atomic E-state index is 0.00131. The Morgan fingerprint density at radius 3 is 2.71 bits per heavy atom. The van der Waals surface area contributed by atoms with Crippen LogP contribution < -0.4 is 11.5 Å². The van der Waals surface area contributed by atoms with Gasteiger partial charge < -0.3 is 16.2 Å². The molecule has 0 radical (unpaired) electrons. The molecule has 1 aromatic carbocycles. The number of likely N-dealkylation sites (tertiary alicyclic amines) is 1. The fourth-order valence-corrected chi connectivity index (χ4v) is 4.62. The molecule has 6 nitrogen and oxygen atoms in total. The Kier molecular flexibility index (Phi) is 7.38. The standard InChI is InChI=1S/C23H31ClFN5O/c1-23(2,31-20-8-4-7-19(29-14-26)21(20)22(27)28)15-9-11-30(12-10-15)13-16-17(24)5-3-6-18(16)25/h3-8,14-15,19,21H,9-13H2,1-2H3,(H2,26,29)(H3,27,28). The van der Waals surface area contributed by atoms with Gasteiger partial charge in [-0.2, -0.15) is 0 Å². The van der Waals surface area contributed by atoms with Crippen molar-refractivity contribution < 1.29 is 9.13 Å². The Balaban J connectivity index is 1.64. The van der Waals surface area contributed by atoms with E-state index in [2.05, 4.69) is 23.7 Å². The number of piperidine rings is 1. The van der Waals surface area contributed by atoms with Crippen LogP contribution in [0, 0.1) is 23.1 Å². The summed E-state index contributed by atoms with van der Waals surface area (Å²) in [6, 6.07) is 4.46. The topological polar surface area (TPSA) is 101 Å². The Morgan fingerprint density at radius 1 is 1.39 bits per heavy atom. The Hall–Kier alpha value is -2.38. The van der Waals surface area contributed by atoms with Gasteiger partial charge in [0.05, 0.1) is 18.3 Å². The van der Waals surface area contributed by atoms with E-state index >= 15 is 0 Å². The number of hydrogen-bond acceptors (Lipinski definition) is 4. The highest BCUT2D eigenvalue weighted by atomic mass is 35.5. The molecule has 31 heavy (non-hydrogen) atoms. The van der Waals surface area contributed by atoms with Crippen LogP contribution in [0.4, 0.5) is 4.39 Å². The molecule has 8 heteroatoms. The van der Waals surface area contributed by atoms with Gasteiger partial charge in [0.2, 0.25) is 0 Å². The lowest BCUT2D eigenvalue weighted by Gasteiger charge is -2.42. The maximum absolute atomic E-state index is 14.1. The number of allylic oxidation sites excluding steroid dienone is 2. The summed E-state index contributed by atoms with van der Waals surface area (Å²) in [6.07, 6.45) is 8.64. The van der Waals surface area contributed by atoms with E-state index in [-0.39, 0.29) is 17.7 Å². The van der Waals surface area contributed by atoms with Gasteiger partial charge in [-0.3, -0.25) is 15.3 Å². The SMILES string of the molecule is CC(C)(OC1=CC=CC(N=CN)C1C(=N)N)C1CCN(Cc2c(F)cccc2Cl)CC1. The molecule has 1 saturated heterocycles. The molecule has 0 bridgehead atoms. The lowest BCUT2D eigenvalue weighted by molar-refractivity contribution is -0.0475. The van der Waals surface area contributed by atoms with Crippen molar-refractivity contribution in [3.8, 4) is 0 Å². The second-order valence-electron chi connectivity index (χ2n) is 8.63. The van der Waals surface area contributed by atoms with Crippen LogP contribution in [0.2, 0.25) is 5.02 Å². The van der Waals surface area contributed by atoms with E-state index < -0.39 is 11.5 Å². The first-order valence-corrected chi connectivity index (χ1v) is 10.9. The third-order valence-electron chi connectivity index (χ3n) is 6.21. The monoisotopic (exact) mass is 447 g/mol. The minimum Gasteiger partial charge on any atom is -0.491 e. The molecule has 1 aliphatic heterocycles. The van der Waals surface area contributed by atoms with Gasteiger partial charge in [-0.15, -0.1) is 0 Å². The van der Waals surface area contributed by atoms with Crippen molar-refractivity contribution >= 4 is 23.8 Å². The number of rotatable bonds is 7. The number of hydrogen-bond donors (Lipinski definition) is 3. The average molecular weight is 448 g/mol. The first kappa shape index (κ1) is 23.3. The smallest absolute Gasteiger partial charge is 0.129 e. The highest BCUT2D eigenvalue weighted by molar-refractivity contribution is 6.31. The molecule has 0 amide bonds. The van der Waals surface area contributed by atoms with E-state index in [1.54, 1.807) is 12.1 Å². The number of benzene rings is 1. The fraction of sp³-hybridized carbons (Fsp3) is 0.478. The molecular formula is C23H31ClFN5O. The lowest BCUT2D eigenvalue weighted by atomic mass is 9.82. The molecule has 1 aromatic rings. The predicted molar refractivity (Wildman–Crippen MR) is 124 cm³/mol. The van der Waals surface area contributed by atoms with Crippen LogP contribution in [-0.4, -0.2) is 41.8 Å². The van der Waals surface area contributed by atoms with Crippen LogP contribution in [-0.2, 0) is 11.3 Å². The second kappa shape index (κ2) is 9.83. The molecule has 1 aliphatic carbocycles. The molecule has 1 heterocycles. The third kappa shape index (κ3) is 5.46.